The molecule has 1 rings (SSSR count). The Kier molecular flexibility index (Phi) is 4.42. The minimum atomic E-state index is -4.15. The maximum atomic E-state index is 11.2. The van der Waals surface area contributed by atoms with E-state index in [1.807, 2.05) is 0 Å². The second kappa shape index (κ2) is 5.37. The smallest absolute Gasteiger partial charge is 0.508 e. The number of phosphoric ester groups is 1. The molecule has 0 amide bonds. The summed E-state index contributed by atoms with van der Waals surface area (Å²) in [5.74, 6) is 0.0776. The number of hydrogen-bond donors (Lipinski definition) is 2. The minimum absolute atomic E-state index is 0.0513. The predicted octanol–water partition coefficient (Wildman–Crippen LogP) is 2.13. The Morgan fingerprint density at radius 3 is 2.80 bits per heavy atom. The van der Waals surface area contributed by atoms with Gasteiger partial charge in [-0.25, -0.2) is 4.57 Å². The SMILES string of the molecule is O=P(O)(OCCCl)Oc1cccc(O)c1. The Bertz CT molecular complexity index is 370. The second-order valence-electron chi connectivity index (χ2n) is 2.58. The van der Waals surface area contributed by atoms with E-state index in [1.54, 1.807) is 0 Å². The van der Waals surface area contributed by atoms with E-state index in [0.29, 0.717) is 0 Å². The Balaban J connectivity index is 2.64. The molecule has 0 aliphatic rings. The van der Waals surface area contributed by atoms with Crippen LogP contribution in [0, 0.1) is 0 Å². The van der Waals surface area contributed by atoms with E-state index < -0.39 is 7.82 Å². The van der Waals surface area contributed by atoms with E-state index in [2.05, 4.69) is 9.05 Å². The average molecular weight is 253 g/mol. The van der Waals surface area contributed by atoms with Crippen molar-refractivity contribution in [1.82, 2.24) is 0 Å². The molecule has 0 radical (unpaired) electrons. The fourth-order valence-corrected chi connectivity index (χ4v) is 1.79. The fraction of sp³-hybridized carbons (Fsp3) is 0.250. The molecular weight excluding hydrogens is 243 g/mol. The molecule has 1 aromatic rings. The van der Waals surface area contributed by atoms with Gasteiger partial charge in [0.2, 0.25) is 0 Å². The van der Waals surface area contributed by atoms with Crippen molar-refractivity contribution in [3.05, 3.63) is 24.3 Å². The molecule has 0 spiro atoms. The summed E-state index contributed by atoms with van der Waals surface area (Å²) in [6.45, 7) is -0.0891. The highest BCUT2D eigenvalue weighted by Crippen LogP contribution is 2.44. The van der Waals surface area contributed by atoms with Crippen LogP contribution in [0.25, 0.3) is 0 Å². The maximum Gasteiger partial charge on any atom is 0.527 e. The monoisotopic (exact) mass is 252 g/mol. The van der Waals surface area contributed by atoms with Crippen LogP contribution < -0.4 is 4.52 Å². The Labute approximate surface area is 91.8 Å². The van der Waals surface area contributed by atoms with Gasteiger partial charge in [-0.3, -0.25) is 9.42 Å². The van der Waals surface area contributed by atoms with E-state index >= 15 is 0 Å². The number of phenols is 1. The summed E-state index contributed by atoms with van der Waals surface area (Å²) in [6.07, 6.45) is 0. The van der Waals surface area contributed by atoms with E-state index in [4.69, 9.17) is 21.6 Å². The molecule has 1 aromatic carbocycles. The lowest BCUT2D eigenvalue weighted by molar-refractivity contribution is 0.214. The zero-order valence-corrected chi connectivity index (χ0v) is 9.32. The number of benzene rings is 1. The number of aromatic hydroxyl groups is 1. The van der Waals surface area contributed by atoms with Crippen LogP contribution in [0.3, 0.4) is 0 Å². The second-order valence-corrected chi connectivity index (χ2v) is 4.34. The van der Waals surface area contributed by atoms with Crippen molar-refractivity contribution < 1.29 is 23.6 Å². The molecule has 0 heterocycles. The molecule has 84 valence electrons. The van der Waals surface area contributed by atoms with Gasteiger partial charge >= 0.3 is 7.82 Å². The highest BCUT2D eigenvalue weighted by Gasteiger charge is 2.22. The average Bonchev–Trinajstić information content (AvgIpc) is 2.14. The van der Waals surface area contributed by atoms with Gasteiger partial charge in [0.1, 0.15) is 11.5 Å². The largest absolute Gasteiger partial charge is 0.527 e. The summed E-state index contributed by atoms with van der Waals surface area (Å²) in [6, 6.07) is 5.51. The summed E-state index contributed by atoms with van der Waals surface area (Å²) in [7, 11) is -4.15. The third kappa shape index (κ3) is 4.53. The van der Waals surface area contributed by atoms with E-state index in [-0.39, 0.29) is 24.0 Å². The molecule has 0 bridgehead atoms. The first-order chi connectivity index (χ1) is 7.03. The van der Waals surface area contributed by atoms with Crippen molar-refractivity contribution in [3.63, 3.8) is 0 Å². The molecule has 0 aliphatic heterocycles. The number of phenolic OH excluding ortho intramolecular Hbond substituents is 1. The van der Waals surface area contributed by atoms with Gasteiger partial charge in [0.15, 0.2) is 0 Å². The van der Waals surface area contributed by atoms with Gasteiger partial charge in [-0.2, -0.15) is 0 Å². The third-order valence-electron chi connectivity index (χ3n) is 1.37. The Morgan fingerprint density at radius 2 is 2.20 bits per heavy atom. The minimum Gasteiger partial charge on any atom is -0.508 e. The third-order valence-corrected chi connectivity index (χ3v) is 2.47. The van der Waals surface area contributed by atoms with Crippen molar-refractivity contribution in [1.29, 1.82) is 0 Å². The van der Waals surface area contributed by atoms with Gasteiger partial charge in [-0.1, -0.05) is 6.07 Å². The van der Waals surface area contributed by atoms with Crippen LogP contribution in [0.1, 0.15) is 0 Å². The first-order valence-corrected chi connectivity index (χ1v) is 6.08. The highest BCUT2D eigenvalue weighted by atomic mass is 35.5. The first kappa shape index (κ1) is 12.3. The van der Waals surface area contributed by atoms with Crippen LogP contribution in [-0.4, -0.2) is 22.5 Å². The zero-order valence-electron chi connectivity index (χ0n) is 7.67. The number of alkyl halides is 1. The molecule has 0 saturated carbocycles. The van der Waals surface area contributed by atoms with Crippen molar-refractivity contribution in [2.45, 2.75) is 0 Å². The van der Waals surface area contributed by atoms with Gasteiger partial charge in [0.05, 0.1) is 6.61 Å². The lowest BCUT2D eigenvalue weighted by Gasteiger charge is -2.12. The van der Waals surface area contributed by atoms with E-state index in [0.717, 1.165) is 0 Å². The van der Waals surface area contributed by atoms with Gasteiger partial charge in [0, 0.05) is 11.9 Å². The molecule has 2 N–H and O–H groups in total. The van der Waals surface area contributed by atoms with Crippen LogP contribution in [0.2, 0.25) is 0 Å². The molecule has 15 heavy (non-hydrogen) atoms. The molecule has 0 aromatic heterocycles. The van der Waals surface area contributed by atoms with Crippen LogP contribution in [0.4, 0.5) is 0 Å². The Morgan fingerprint density at radius 1 is 1.47 bits per heavy atom. The summed E-state index contributed by atoms with van der Waals surface area (Å²) in [5.41, 5.74) is 0. The van der Waals surface area contributed by atoms with Crippen LogP contribution in [0.5, 0.6) is 11.5 Å². The summed E-state index contributed by atoms with van der Waals surface area (Å²) in [5, 5.41) is 9.07. The van der Waals surface area contributed by atoms with E-state index in [9.17, 15) is 4.57 Å². The van der Waals surface area contributed by atoms with Gasteiger partial charge in [0.25, 0.3) is 0 Å². The molecule has 0 saturated heterocycles. The van der Waals surface area contributed by atoms with Gasteiger partial charge < -0.3 is 9.63 Å². The normalized spacial score (nSPS) is 14.5. The van der Waals surface area contributed by atoms with E-state index in [1.165, 1.54) is 24.3 Å². The van der Waals surface area contributed by atoms with Crippen molar-refractivity contribution in [2.24, 2.45) is 0 Å². The first-order valence-electron chi connectivity index (χ1n) is 4.05. The van der Waals surface area contributed by atoms with Crippen LogP contribution >= 0.6 is 19.4 Å². The summed E-state index contributed by atoms with van der Waals surface area (Å²) >= 11 is 5.28. The summed E-state index contributed by atoms with van der Waals surface area (Å²) < 4.78 is 20.4. The lowest BCUT2D eigenvalue weighted by Crippen LogP contribution is -1.99. The van der Waals surface area contributed by atoms with Gasteiger partial charge in [-0.15, -0.1) is 11.6 Å². The molecular formula is C8H10ClO5P. The topological polar surface area (TPSA) is 76.0 Å². The molecule has 0 aliphatic carbocycles. The molecule has 7 heteroatoms. The van der Waals surface area contributed by atoms with Crippen LogP contribution in [0.15, 0.2) is 24.3 Å². The molecule has 0 fully saturated rings. The zero-order chi connectivity index (χ0) is 11.3. The fourth-order valence-electron chi connectivity index (χ4n) is 0.850. The number of hydrogen-bond acceptors (Lipinski definition) is 4. The van der Waals surface area contributed by atoms with Crippen LogP contribution in [-0.2, 0) is 9.09 Å². The summed E-state index contributed by atoms with van der Waals surface area (Å²) in [4.78, 5) is 9.16. The molecule has 5 nitrogen and oxygen atoms in total. The number of phosphoric acid groups is 1. The predicted molar refractivity (Wildman–Crippen MR) is 55.2 cm³/mol. The molecule has 1 unspecified atom stereocenters. The van der Waals surface area contributed by atoms with Crippen molar-refractivity contribution >= 4 is 19.4 Å². The molecule has 1 atom stereocenters. The number of rotatable bonds is 5. The van der Waals surface area contributed by atoms with Crippen molar-refractivity contribution in [2.75, 3.05) is 12.5 Å². The quantitative estimate of drug-likeness (QED) is 0.620. The lowest BCUT2D eigenvalue weighted by atomic mass is 10.3. The highest BCUT2D eigenvalue weighted by molar-refractivity contribution is 7.47. The maximum absolute atomic E-state index is 11.2. The standard InChI is InChI=1S/C8H10ClO5P/c9-4-5-13-15(11,12)14-8-3-1-2-7(10)6-8/h1-3,6,10H,4-5H2,(H,11,12). The van der Waals surface area contributed by atoms with Crippen molar-refractivity contribution in [3.8, 4) is 11.5 Å². The number of halogens is 1. The Hall–Kier alpha value is -0.740. The van der Waals surface area contributed by atoms with Gasteiger partial charge in [-0.05, 0) is 12.1 Å².